The zero-order valence-electron chi connectivity index (χ0n) is 18.8. The Morgan fingerprint density at radius 3 is 2.71 bits per heavy atom. The van der Waals surface area contributed by atoms with E-state index in [4.69, 9.17) is 10.5 Å². The summed E-state index contributed by atoms with van der Waals surface area (Å²) in [6, 6.07) is 11.0. The smallest absolute Gasteiger partial charge is 0.165 e. The van der Waals surface area contributed by atoms with Crippen LogP contribution in [0.25, 0.3) is 22.0 Å². The number of aliphatic imine (C=N–C) groups is 1. The third kappa shape index (κ3) is 4.77. The van der Waals surface area contributed by atoms with Gasteiger partial charge in [0.05, 0.1) is 17.8 Å². The standard InChI is InChI=1S/C24H30FN5O/c1-15(26)18(16(2)28-4)11-12-31-24-19(7-6-8-21(24)25)17-9-10-23-20(13-17)22(14-27-3)29-30(23)5/h6-10,13,27H,11-12,14,26H2,1-5H3. The number of ether oxygens (including phenoxy) is 1. The monoisotopic (exact) mass is 423 g/mol. The van der Waals surface area contributed by atoms with Crippen molar-refractivity contribution in [2.24, 2.45) is 17.8 Å². The van der Waals surface area contributed by atoms with Gasteiger partial charge in [0.1, 0.15) is 0 Å². The van der Waals surface area contributed by atoms with Gasteiger partial charge in [-0.05, 0) is 50.2 Å². The van der Waals surface area contributed by atoms with E-state index in [1.54, 1.807) is 13.1 Å². The zero-order valence-corrected chi connectivity index (χ0v) is 18.8. The van der Waals surface area contributed by atoms with Crippen LogP contribution >= 0.6 is 0 Å². The molecule has 6 nitrogen and oxygen atoms in total. The lowest BCUT2D eigenvalue weighted by Crippen LogP contribution is -2.11. The maximum Gasteiger partial charge on any atom is 0.165 e. The Balaban J connectivity index is 1.94. The molecule has 3 aromatic rings. The first-order valence-corrected chi connectivity index (χ1v) is 10.3. The molecule has 0 bridgehead atoms. The first-order valence-electron chi connectivity index (χ1n) is 10.3. The Hall–Kier alpha value is -3.19. The van der Waals surface area contributed by atoms with Crippen molar-refractivity contribution in [3.63, 3.8) is 0 Å². The Bertz CT molecular complexity index is 1140. The lowest BCUT2D eigenvalue weighted by molar-refractivity contribution is 0.307. The van der Waals surface area contributed by atoms with E-state index >= 15 is 0 Å². The fraction of sp³-hybridized carbons (Fsp3) is 0.333. The molecule has 1 aromatic heterocycles. The molecule has 0 unspecified atom stereocenters. The number of aryl methyl sites for hydroxylation is 1. The Kier molecular flexibility index (Phi) is 7.07. The molecule has 3 rings (SSSR count). The number of rotatable bonds is 8. The van der Waals surface area contributed by atoms with Gasteiger partial charge in [0.15, 0.2) is 11.6 Å². The number of fused-ring (bicyclic) bond motifs is 1. The largest absolute Gasteiger partial charge is 0.490 e. The van der Waals surface area contributed by atoms with Crippen molar-refractivity contribution in [3.8, 4) is 16.9 Å². The van der Waals surface area contributed by atoms with E-state index in [1.807, 2.05) is 56.9 Å². The number of allylic oxidation sites excluding steroid dienone is 1. The molecule has 0 saturated carbocycles. The quantitative estimate of drug-likeness (QED) is 0.533. The predicted octanol–water partition coefficient (Wildman–Crippen LogP) is 4.19. The van der Waals surface area contributed by atoms with Gasteiger partial charge in [-0.15, -0.1) is 0 Å². The van der Waals surface area contributed by atoms with Gasteiger partial charge < -0.3 is 15.8 Å². The molecular weight excluding hydrogens is 393 g/mol. The zero-order chi connectivity index (χ0) is 22.5. The molecule has 164 valence electrons. The second-order valence-corrected chi connectivity index (χ2v) is 7.52. The molecule has 0 amide bonds. The Morgan fingerprint density at radius 1 is 1.26 bits per heavy atom. The van der Waals surface area contributed by atoms with Crippen molar-refractivity contribution in [1.29, 1.82) is 0 Å². The van der Waals surface area contributed by atoms with Crippen molar-refractivity contribution in [2.45, 2.75) is 26.8 Å². The topological polar surface area (TPSA) is 77.5 Å². The van der Waals surface area contributed by atoms with E-state index in [0.717, 1.165) is 33.4 Å². The summed E-state index contributed by atoms with van der Waals surface area (Å²) < 4.78 is 22.5. The highest BCUT2D eigenvalue weighted by atomic mass is 19.1. The van der Waals surface area contributed by atoms with Crippen LogP contribution in [0.3, 0.4) is 0 Å². The van der Waals surface area contributed by atoms with Crippen LogP contribution in [-0.4, -0.2) is 36.2 Å². The van der Waals surface area contributed by atoms with Crippen LogP contribution in [0.15, 0.2) is 52.7 Å². The molecular formula is C24H30FN5O. The fourth-order valence-corrected chi connectivity index (χ4v) is 3.74. The van der Waals surface area contributed by atoms with Crippen LogP contribution in [0.2, 0.25) is 0 Å². The summed E-state index contributed by atoms with van der Waals surface area (Å²) in [6.07, 6.45) is 0.549. The van der Waals surface area contributed by atoms with Crippen LogP contribution in [0, 0.1) is 5.82 Å². The van der Waals surface area contributed by atoms with Crippen molar-refractivity contribution >= 4 is 16.6 Å². The number of halogens is 1. The number of aromatic nitrogens is 2. The number of nitrogens with zero attached hydrogens (tertiary/aromatic N) is 3. The fourth-order valence-electron chi connectivity index (χ4n) is 3.74. The maximum absolute atomic E-state index is 14.7. The van der Waals surface area contributed by atoms with E-state index in [-0.39, 0.29) is 5.75 Å². The van der Waals surface area contributed by atoms with Crippen LogP contribution in [-0.2, 0) is 13.6 Å². The summed E-state index contributed by atoms with van der Waals surface area (Å²) in [5.41, 5.74) is 12.0. The van der Waals surface area contributed by atoms with Gasteiger partial charge in [-0.25, -0.2) is 4.39 Å². The summed E-state index contributed by atoms with van der Waals surface area (Å²) >= 11 is 0. The van der Waals surface area contributed by atoms with Crippen molar-refractivity contribution in [3.05, 3.63) is 59.2 Å². The van der Waals surface area contributed by atoms with Gasteiger partial charge in [0.25, 0.3) is 0 Å². The van der Waals surface area contributed by atoms with Crippen LogP contribution in [0.1, 0.15) is 26.0 Å². The average molecular weight is 424 g/mol. The van der Waals surface area contributed by atoms with E-state index in [9.17, 15) is 4.39 Å². The molecule has 0 aliphatic rings. The van der Waals surface area contributed by atoms with E-state index in [1.165, 1.54) is 6.07 Å². The number of nitrogens with two attached hydrogens (primary N) is 1. The minimum atomic E-state index is -0.393. The second kappa shape index (κ2) is 9.75. The predicted molar refractivity (Wildman–Crippen MR) is 125 cm³/mol. The number of hydrogen-bond acceptors (Lipinski definition) is 5. The van der Waals surface area contributed by atoms with Crippen LogP contribution in [0.4, 0.5) is 4.39 Å². The molecule has 0 aliphatic heterocycles. The lowest BCUT2D eigenvalue weighted by atomic mass is 10.0. The Labute approximate surface area is 182 Å². The molecule has 31 heavy (non-hydrogen) atoms. The molecule has 0 spiro atoms. The number of benzene rings is 2. The highest BCUT2D eigenvalue weighted by Gasteiger charge is 2.15. The molecule has 3 N–H and O–H groups in total. The molecule has 0 saturated heterocycles. The van der Waals surface area contributed by atoms with E-state index in [0.29, 0.717) is 30.8 Å². The molecule has 0 fully saturated rings. The lowest BCUT2D eigenvalue weighted by Gasteiger charge is -2.15. The van der Waals surface area contributed by atoms with Crippen molar-refractivity contribution < 1.29 is 9.13 Å². The van der Waals surface area contributed by atoms with Gasteiger partial charge >= 0.3 is 0 Å². The molecule has 0 atom stereocenters. The SMILES string of the molecule is CN=C(C)C(CCOc1c(F)cccc1-c1ccc2c(c1)c(CNC)nn2C)=C(C)N. The van der Waals surface area contributed by atoms with Gasteiger partial charge in [-0.2, -0.15) is 5.10 Å². The summed E-state index contributed by atoms with van der Waals surface area (Å²) in [6.45, 7) is 4.69. The summed E-state index contributed by atoms with van der Waals surface area (Å²) in [7, 11) is 5.54. The number of para-hydroxylation sites is 1. The molecule has 7 heteroatoms. The van der Waals surface area contributed by atoms with Gasteiger partial charge in [0, 0.05) is 49.4 Å². The highest BCUT2D eigenvalue weighted by Crippen LogP contribution is 2.35. The van der Waals surface area contributed by atoms with Gasteiger partial charge in [0.2, 0.25) is 0 Å². The highest BCUT2D eigenvalue weighted by molar-refractivity contribution is 5.98. The third-order valence-electron chi connectivity index (χ3n) is 5.40. The first-order chi connectivity index (χ1) is 14.9. The molecule has 2 aromatic carbocycles. The average Bonchev–Trinajstić information content (AvgIpc) is 3.06. The van der Waals surface area contributed by atoms with Gasteiger partial charge in [-0.1, -0.05) is 18.2 Å². The van der Waals surface area contributed by atoms with E-state index < -0.39 is 5.82 Å². The first kappa shape index (κ1) is 22.5. The second-order valence-electron chi connectivity index (χ2n) is 7.52. The third-order valence-corrected chi connectivity index (χ3v) is 5.40. The maximum atomic E-state index is 14.7. The van der Waals surface area contributed by atoms with E-state index in [2.05, 4.69) is 15.4 Å². The summed E-state index contributed by atoms with van der Waals surface area (Å²) in [5.74, 6) is -0.156. The molecule has 0 radical (unpaired) electrons. The van der Waals surface area contributed by atoms with Crippen molar-refractivity contribution in [2.75, 3.05) is 20.7 Å². The Morgan fingerprint density at radius 2 is 2.03 bits per heavy atom. The van der Waals surface area contributed by atoms with Crippen LogP contribution < -0.4 is 15.8 Å². The van der Waals surface area contributed by atoms with Crippen molar-refractivity contribution in [1.82, 2.24) is 15.1 Å². The summed E-state index contributed by atoms with van der Waals surface area (Å²) in [5, 5.41) is 8.76. The number of hydrogen-bond donors (Lipinski definition) is 2. The number of nitrogens with one attached hydrogen (secondary N) is 1. The minimum Gasteiger partial charge on any atom is -0.490 e. The van der Waals surface area contributed by atoms with Crippen LogP contribution in [0.5, 0.6) is 5.75 Å². The minimum absolute atomic E-state index is 0.237. The van der Waals surface area contributed by atoms with Gasteiger partial charge in [-0.3, -0.25) is 9.67 Å². The normalized spacial score (nSPS) is 12.9. The molecule has 0 aliphatic carbocycles. The summed E-state index contributed by atoms with van der Waals surface area (Å²) in [4.78, 5) is 4.21. The molecule has 1 heterocycles.